The molecule has 124 valence electrons. The molecule has 0 spiro atoms. The van der Waals surface area contributed by atoms with Crippen LogP contribution in [0.3, 0.4) is 0 Å². The van der Waals surface area contributed by atoms with Gasteiger partial charge in [0.25, 0.3) is 0 Å². The van der Waals surface area contributed by atoms with Crippen LogP contribution in [0.15, 0.2) is 24.3 Å². The molecule has 4 nitrogen and oxygen atoms in total. The summed E-state index contributed by atoms with van der Waals surface area (Å²) < 4.78 is 40.6. The first-order valence-corrected chi connectivity index (χ1v) is 7.31. The summed E-state index contributed by atoms with van der Waals surface area (Å²) in [6.45, 7) is 4.19. The fourth-order valence-electron chi connectivity index (χ4n) is 2.25. The van der Waals surface area contributed by atoms with Crippen LogP contribution in [0.25, 0.3) is 0 Å². The van der Waals surface area contributed by atoms with Crippen molar-refractivity contribution in [1.29, 1.82) is 0 Å². The third-order valence-electron chi connectivity index (χ3n) is 3.57. The zero-order valence-corrected chi connectivity index (χ0v) is 13.8. The van der Waals surface area contributed by atoms with Crippen molar-refractivity contribution in [3.63, 3.8) is 0 Å². The average Bonchev–Trinajstić information content (AvgIpc) is 2.69. The Labute approximate surface area is 137 Å². The summed E-state index contributed by atoms with van der Waals surface area (Å²) in [5.41, 5.74) is 1.99. The second kappa shape index (κ2) is 6.57. The quantitative estimate of drug-likeness (QED) is 0.837. The van der Waals surface area contributed by atoms with E-state index in [2.05, 4.69) is 15.7 Å². The number of hydrogen-bond donors (Lipinski definition) is 2. The number of halogens is 3. The standard InChI is InChI=1S/C15H17F3N4S/c1-9-11(10(2)22(3)21-9)8-19-14(23)20-13-7-5-4-6-12(13)15(16,17)18/h4-7H,8H2,1-3H3,(H2,19,20,23). The lowest BCUT2D eigenvalue weighted by molar-refractivity contribution is -0.136. The zero-order valence-electron chi connectivity index (χ0n) is 13.0. The molecule has 1 heterocycles. The summed E-state index contributed by atoms with van der Waals surface area (Å²) in [6.07, 6.45) is -4.43. The number of nitrogens with zero attached hydrogens (tertiary/aromatic N) is 2. The highest BCUT2D eigenvalue weighted by Crippen LogP contribution is 2.34. The van der Waals surface area contributed by atoms with E-state index >= 15 is 0 Å². The van der Waals surface area contributed by atoms with Gasteiger partial charge < -0.3 is 10.6 Å². The minimum absolute atomic E-state index is 0.0721. The normalized spacial score (nSPS) is 11.4. The van der Waals surface area contributed by atoms with Crippen LogP contribution in [0.2, 0.25) is 0 Å². The Balaban J connectivity index is 2.06. The SMILES string of the molecule is Cc1nn(C)c(C)c1CNC(=S)Nc1ccccc1C(F)(F)F. The van der Waals surface area contributed by atoms with Gasteiger partial charge in [0.2, 0.25) is 0 Å². The minimum Gasteiger partial charge on any atom is -0.358 e. The van der Waals surface area contributed by atoms with E-state index in [0.717, 1.165) is 23.0 Å². The molecule has 1 aromatic carbocycles. The molecule has 0 radical (unpaired) electrons. The largest absolute Gasteiger partial charge is 0.418 e. The van der Waals surface area contributed by atoms with Gasteiger partial charge in [-0.1, -0.05) is 12.1 Å². The second-order valence-electron chi connectivity index (χ2n) is 5.12. The molecular weight excluding hydrogens is 325 g/mol. The molecule has 0 aliphatic rings. The number of thiocarbonyl (C=S) groups is 1. The number of aryl methyl sites for hydroxylation is 2. The van der Waals surface area contributed by atoms with Gasteiger partial charge in [-0.3, -0.25) is 4.68 Å². The van der Waals surface area contributed by atoms with Crippen LogP contribution >= 0.6 is 12.2 Å². The highest BCUT2D eigenvalue weighted by Gasteiger charge is 2.33. The van der Waals surface area contributed by atoms with E-state index in [9.17, 15) is 13.2 Å². The van der Waals surface area contributed by atoms with Crippen molar-refractivity contribution >= 4 is 23.0 Å². The summed E-state index contributed by atoms with van der Waals surface area (Å²) in [4.78, 5) is 0. The maximum atomic E-state index is 12.9. The summed E-state index contributed by atoms with van der Waals surface area (Å²) in [5, 5.41) is 9.94. The first-order valence-electron chi connectivity index (χ1n) is 6.90. The molecule has 0 saturated heterocycles. The summed E-state index contributed by atoms with van der Waals surface area (Å²) in [5.74, 6) is 0. The molecule has 2 rings (SSSR count). The zero-order chi connectivity index (χ0) is 17.2. The number of benzene rings is 1. The molecule has 0 aliphatic heterocycles. The summed E-state index contributed by atoms with van der Waals surface area (Å²) in [6, 6.07) is 5.22. The van der Waals surface area contributed by atoms with Crippen LogP contribution in [0, 0.1) is 13.8 Å². The number of anilines is 1. The van der Waals surface area contributed by atoms with Crippen molar-refractivity contribution in [2.45, 2.75) is 26.6 Å². The Morgan fingerprint density at radius 1 is 1.26 bits per heavy atom. The molecule has 0 amide bonds. The average molecular weight is 342 g/mol. The number of nitrogens with one attached hydrogen (secondary N) is 2. The Hall–Kier alpha value is -2.09. The van der Waals surface area contributed by atoms with Gasteiger partial charge in [0.1, 0.15) is 0 Å². The van der Waals surface area contributed by atoms with Gasteiger partial charge in [0.05, 0.1) is 16.9 Å². The second-order valence-corrected chi connectivity index (χ2v) is 5.53. The smallest absolute Gasteiger partial charge is 0.358 e. The van der Waals surface area contributed by atoms with Gasteiger partial charge in [-0.2, -0.15) is 18.3 Å². The lowest BCUT2D eigenvalue weighted by Gasteiger charge is -2.15. The van der Waals surface area contributed by atoms with Crippen LogP contribution in [-0.4, -0.2) is 14.9 Å². The third kappa shape index (κ3) is 4.01. The molecule has 2 N–H and O–H groups in total. The van der Waals surface area contributed by atoms with E-state index in [1.165, 1.54) is 18.2 Å². The fraction of sp³-hybridized carbons (Fsp3) is 0.333. The van der Waals surface area contributed by atoms with Crippen molar-refractivity contribution in [2.24, 2.45) is 7.05 Å². The maximum absolute atomic E-state index is 12.9. The minimum atomic E-state index is -4.43. The number of aromatic nitrogens is 2. The maximum Gasteiger partial charge on any atom is 0.418 e. The lowest BCUT2D eigenvalue weighted by atomic mass is 10.1. The molecule has 2 aromatic rings. The van der Waals surface area contributed by atoms with Crippen molar-refractivity contribution in [1.82, 2.24) is 15.1 Å². The number of hydrogen-bond acceptors (Lipinski definition) is 2. The van der Waals surface area contributed by atoms with Crippen LogP contribution in [0.4, 0.5) is 18.9 Å². The van der Waals surface area contributed by atoms with E-state index in [0.29, 0.717) is 6.54 Å². The number of rotatable bonds is 3. The van der Waals surface area contributed by atoms with Gasteiger partial charge in [-0.05, 0) is 38.2 Å². The van der Waals surface area contributed by atoms with E-state index in [1.807, 2.05) is 20.9 Å². The van der Waals surface area contributed by atoms with Crippen LogP contribution in [-0.2, 0) is 19.8 Å². The Bertz CT molecular complexity index is 722. The highest BCUT2D eigenvalue weighted by molar-refractivity contribution is 7.80. The summed E-state index contributed by atoms with van der Waals surface area (Å²) >= 11 is 5.09. The molecule has 0 aliphatic carbocycles. The Kier molecular flexibility index (Phi) is 4.93. The fourth-order valence-corrected chi connectivity index (χ4v) is 2.43. The van der Waals surface area contributed by atoms with Gasteiger partial charge in [-0.15, -0.1) is 0 Å². The molecule has 0 unspecified atom stereocenters. The number of alkyl halides is 3. The molecular formula is C15H17F3N4S. The van der Waals surface area contributed by atoms with Crippen molar-refractivity contribution in [3.05, 3.63) is 46.8 Å². The first-order chi connectivity index (χ1) is 10.7. The van der Waals surface area contributed by atoms with E-state index in [4.69, 9.17) is 12.2 Å². The monoisotopic (exact) mass is 342 g/mol. The van der Waals surface area contributed by atoms with Gasteiger partial charge in [-0.25, -0.2) is 0 Å². The molecule has 0 bridgehead atoms. The van der Waals surface area contributed by atoms with E-state index < -0.39 is 11.7 Å². The molecule has 8 heteroatoms. The van der Waals surface area contributed by atoms with E-state index in [1.54, 1.807) is 4.68 Å². The third-order valence-corrected chi connectivity index (χ3v) is 3.81. The Morgan fingerprint density at radius 3 is 2.48 bits per heavy atom. The van der Waals surface area contributed by atoms with Gasteiger partial charge in [0, 0.05) is 24.8 Å². The molecule has 0 atom stereocenters. The molecule has 0 saturated carbocycles. The lowest BCUT2D eigenvalue weighted by Crippen LogP contribution is -2.29. The van der Waals surface area contributed by atoms with Crippen LogP contribution < -0.4 is 10.6 Å². The Morgan fingerprint density at radius 2 is 1.91 bits per heavy atom. The molecule has 0 fully saturated rings. The van der Waals surface area contributed by atoms with Gasteiger partial charge >= 0.3 is 6.18 Å². The van der Waals surface area contributed by atoms with Gasteiger partial charge in [0.15, 0.2) is 5.11 Å². The van der Waals surface area contributed by atoms with Crippen LogP contribution in [0.1, 0.15) is 22.5 Å². The van der Waals surface area contributed by atoms with Crippen molar-refractivity contribution < 1.29 is 13.2 Å². The molecule has 1 aromatic heterocycles. The van der Waals surface area contributed by atoms with Crippen molar-refractivity contribution in [3.8, 4) is 0 Å². The predicted molar refractivity (Wildman–Crippen MR) is 87.2 cm³/mol. The predicted octanol–water partition coefficient (Wildman–Crippen LogP) is 3.54. The first kappa shape index (κ1) is 17.3. The molecule has 23 heavy (non-hydrogen) atoms. The summed E-state index contributed by atoms with van der Waals surface area (Å²) in [7, 11) is 1.84. The van der Waals surface area contributed by atoms with Crippen LogP contribution in [0.5, 0.6) is 0 Å². The topological polar surface area (TPSA) is 41.9 Å². The highest BCUT2D eigenvalue weighted by atomic mass is 32.1. The number of para-hydroxylation sites is 1. The van der Waals surface area contributed by atoms with Crippen molar-refractivity contribution in [2.75, 3.05) is 5.32 Å². The van der Waals surface area contributed by atoms with E-state index in [-0.39, 0.29) is 10.8 Å².